The molecule has 0 aliphatic heterocycles. The van der Waals surface area contributed by atoms with Crippen molar-refractivity contribution in [2.75, 3.05) is 0 Å². The molecule has 0 spiro atoms. The molecule has 0 fully saturated rings. The zero-order chi connectivity index (χ0) is 21.4. The first-order valence-corrected chi connectivity index (χ1v) is 25.8. The van der Waals surface area contributed by atoms with Gasteiger partial charge in [-0.15, -0.1) is 0 Å². The van der Waals surface area contributed by atoms with E-state index < -0.39 is 34.9 Å². The molecule has 0 bridgehead atoms. The van der Waals surface area contributed by atoms with Crippen molar-refractivity contribution in [3.8, 4) is 11.8 Å². The van der Waals surface area contributed by atoms with Crippen molar-refractivity contribution in [2.24, 2.45) is 0 Å². The summed E-state index contributed by atoms with van der Waals surface area (Å²) in [5, 5.41) is 20.8. The molecule has 0 aliphatic rings. The van der Waals surface area contributed by atoms with Gasteiger partial charge in [0.15, 0.2) is 11.4 Å². The van der Waals surface area contributed by atoms with Gasteiger partial charge in [0.25, 0.3) is 0 Å². The van der Waals surface area contributed by atoms with E-state index in [-0.39, 0.29) is 10.6 Å². The van der Waals surface area contributed by atoms with E-state index in [2.05, 4.69) is 102 Å². The van der Waals surface area contributed by atoms with Crippen LogP contribution in [0.5, 0.6) is 0 Å². The van der Waals surface area contributed by atoms with Gasteiger partial charge in [0.2, 0.25) is 0 Å². The number of carboxylic acid groups (broad SMARTS) is 1. The summed E-state index contributed by atoms with van der Waals surface area (Å²) < 4.78 is 51.4. The van der Waals surface area contributed by atoms with Crippen LogP contribution in [0.15, 0.2) is 24.3 Å². The van der Waals surface area contributed by atoms with Crippen molar-refractivity contribution in [2.45, 2.75) is 6.18 Å². The number of hydrogen-bond acceptors (Lipinski definition) is 3. The minimum atomic E-state index is -4.83. The van der Waals surface area contributed by atoms with E-state index in [9.17, 15) is 22.4 Å². The monoisotopic (exact) mass is 984 g/mol. The van der Waals surface area contributed by atoms with Crippen molar-refractivity contribution < 1.29 is 32.4 Å². The van der Waals surface area contributed by atoms with Crippen LogP contribution in [-0.4, -0.2) is 20.9 Å². The Labute approximate surface area is 212 Å². The van der Waals surface area contributed by atoms with Crippen LogP contribution in [-0.2, 0) is 11.1 Å². The van der Waals surface area contributed by atoms with E-state index in [1.54, 1.807) is 0 Å². The number of alkyl halides is 3. The number of hydrogen-bond donors (Lipinski definition) is 1. The summed E-state index contributed by atoms with van der Waals surface area (Å²) in [6.07, 6.45) is -4.83. The molecule has 27 heavy (non-hydrogen) atoms. The standard InChI is InChI=1S/C12H5F4N3O2.I2.3HI.V/c13-8-2-1-7(3-6(8)5-17)19-9(11(20)21)4-10(18-19)12(14,15)16;1-2;;;;/h1-4H,(H,20,21);;3*1H;/q;;;;;+3/p-3. The van der Waals surface area contributed by atoms with Crippen molar-refractivity contribution in [1.29, 1.82) is 5.26 Å². The quantitative estimate of drug-likeness (QED) is 0.260. The molecule has 2 rings (SSSR count). The van der Waals surface area contributed by atoms with Gasteiger partial charge in [-0.25, -0.2) is 13.9 Å². The van der Waals surface area contributed by atoms with E-state index in [0.29, 0.717) is 10.7 Å². The predicted molar refractivity (Wildman–Crippen MR) is 130 cm³/mol. The van der Waals surface area contributed by atoms with Gasteiger partial charge in [-0.05, 0) is 18.2 Å². The van der Waals surface area contributed by atoms with E-state index in [1.807, 2.05) is 0 Å². The molecule has 1 N–H and O–H groups in total. The SMILES string of the molecule is II.N#Cc1cc(-n2nc(C(F)(F)F)cc2C(=O)O)ccc1F.[I][V]([I])[I]. The van der Waals surface area contributed by atoms with Gasteiger partial charge in [-0.3, -0.25) is 0 Å². The fourth-order valence-corrected chi connectivity index (χ4v) is 1.60. The third kappa shape index (κ3) is 9.80. The first-order chi connectivity index (χ1) is 12.5. The molecule has 0 unspecified atom stereocenters. The van der Waals surface area contributed by atoms with Crippen molar-refractivity contribution in [3.05, 3.63) is 47.0 Å². The summed E-state index contributed by atoms with van der Waals surface area (Å²) in [6, 6.07) is 4.64. The number of aromatic nitrogens is 2. The maximum atomic E-state index is 13.2. The molecule has 1 aromatic heterocycles. The predicted octanol–water partition coefficient (Wildman–Crippen LogP) is 7.03. The fourth-order valence-electron chi connectivity index (χ4n) is 1.60. The van der Waals surface area contributed by atoms with E-state index in [0.717, 1.165) is 18.2 Å². The second kappa shape index (κ2) is 13.6. The molecule has 0 saturated heterocycles. The summed E-state index contributed by atoms with van der Waals surface area (Å²) in [5.74, 6) is -2.51. The first kappa shape index (κ1) is 28.3. The van der Waals surface area contributed by atoms with Crippen LogP contribution in [0.4, 0.5) is 17.6 Å². The van der Waals surface area contributed by atoms with E-state index in [4.69, 9.17) is 10.4 Å². The molecule has 15 heteroatoms. The van der Waals surface area contributed by atoms with Crippen LogP contribution in [0.1, 0.15) is 21.7 Å². The Kier molecular flexibility index (Phi) is 14.3. The van der Waals surface area contributed by atoms with Crippen molar-refractivity contribution in [1.82, 2.24) is 9.78 Å². The summed E-state index contributed by atoms with van der Waals surface area (Å²) in [4.78, 5) is 10.7. The third-order valence-corrected chi connectivity index (χ3v) is 2.53. The number of nitriles is 1. The Balaban J connectivity index is 0.000000998. The molecular weight excluding hydrogens is 980 g/mol. The fraction of sp³-hybridized carbons (Fsp3) is 0.0833. The van der Waals surface area contributed by atoms with Crippen LogP contribution < -0.4 is 0 Å². The van der Waals surface area contributed by atoms with Gasteiger partial charge in [-0.1, -0.05) is 0 Å². The molecule has 0 amide bonds. The van der Waals surface area contributed by atoms with Crippen LogP contribution in [0.2, 0.25) is 0 Å². The van der Waals surface area contributed by atoms with Gasteiger partial charge >= 0.3 is 77.0 Å². The number of rotatable bonds is 2. The third-order valence-electron chi connectivity index (χ3n) is 2.53. The number of carboxylic acids is 1. The Hall–Kier alpha value is 1.34. The molecule has 0 atom stereocenters. The van der Waals surface area contributed by atoms with E-state index in [1.165, 1.54) is 6.07 Å². The van der Waals surface area contributed by atoms with E-state index >= 15 is 0 Å². The summed E-state index contributed by atoms with van der Waals surface area (Å²) in [7, 11) is 0. The topological polar surface area (TPSA) is 78.9 Å². The van der Waals surface area contributed by atoms with Crippen LogP contribution >= 0.6 is 97.2 Å². The molecule has 1 aromatic carbocycles. The molecule has 1 heterocycles. The number of halogens is 9. The van der Waals surface area contributed by atoms with Crippen LogP contribution in [0.3, 0.4) is 0 Å². The minimum absolute atomic E-state index is 0.166. The molecule has 0 saturated carbocycles. The molecule has 2 aromatic rings. The van der Waals surface area contributed by atoms with Crippen molar-refractivity contribution in [3.63, 3.8) is 0 Å². The average molecular weight is 985 g/mol. The van der Waals surface area contributed by atoms with Gasteiger partial charge in [0, 0.05) is 43.3 Å². The number of benzene rings is 1. The van der Waals surface area contributed by atoms with Crippen LogP contribution in [0.25, 0.3) is 5.69 Å². The molecule has 148 valence electrons. The van der Waals surface area contributed by atoms with Crippen LogP contribution in [0, 0.1) is 17.1 Å². The molecule has 0 radical (unpaired) electrons. The van der Waals surface area contributed by atoms with Gasteiger partial charge in [0.1, 0.15) is 11.9 Å². The maximum absolute atomic E-state index is 13.2. The van der Waals surface area contributed by atoms with Crippen molar-refractivity contribution >= 4 is 103 Å². The number of carbonyl (C=O) groups is 1. The Morgan fingerprint density at radius 2 is 1.74 bits per heavy atom. The molecule has 5 nitrogen and oxygen atoms in total. The zero-order valence-electron chi connectivity index (χ0n) is 12.4. The summed E-state index contributed by atoms with van der Waals surface area (Å²) in [6.45, 7) is 0. The normalized spacial score (nSPS) is 10.3. The van der Waals surface area contributed by atoms with Gasteiger partial charge in [0.05, 0.1) is 11.3 Å². The number of nitrogens with zero attached hydrogens (tertiary/aromatic N) is 3. The Morgan fingerprint density at radius 3 is 2.15 bits per heavy atom. The first-order valence-electron chi connectivity index (χ1n) is 5.99. The Bertz CT molecular complexity index is 824. The number of aromatic carboxylic acids is 1. The second-order valence-electron chi connectivity index (χ2n) is 4.10. The zero-order valence-corrected chi connectivity index (χ0v) is 24.5. The van der Waals surface area contributed by atoms with Gasteiger partial charge < -0.3 is 5.11 Å². The average Bonchev–Trinajstić information content (AvgIpc) is 3.02. The van der Waals surface area contributed by atoms with Gasteiger partial charge in [-0.2, -0.15) is 23.5 Å². The molecule has 0 aliphatic carbocycles. The summed E-state index contributed by atoms with van der Waals surface area (Å²) in [5.41, 5.74) is -2.76. The Morgan fingerprint density at radius 1 is 1.22 bits per heavy atom. The molecular formula is C12H5F4I5N3O2V. The summed E-state index contributed by atoms with van der Waals surface area (Å²) >= 11 is 11.6. The second-order valence-corrected chi connectivity index (χ2v) is 39.5.